The van der Waals surface area contributed by atoms with Crippen molar-refractivity contribution in [2.75, 3.05) is 0 Å². The van der Waals surface area contributed by atoms with E-state index in [4.69, 9.17) is 10.5 Å². The summed E-state index contributed by atoms with van der Waals surface area (Å²) in [6.45, 7) is 7.57. The molecule has 0 heterocycles. The van der Waals surface area contributed by atoms with Crippen LogP contribution in [0.3, 0.4) is 0 Å². The average molecular weight is 270 g/mol. The minimum atomic E-state index is -0.0369. The molecule has 15 heavy (non-hydrogen) atoms. The van der Waals surface area contributed by atoms with Crippen LogP contribution in [0.25, 0.3) is 0 Å². The van der Waals surface area contributed by atoms with Gasteiger partial charge >= 0.3 is 0 Å². The predicted octanol–water partition coefficient (Wildman–Crippen LogP) is 3.42. The van der Waals surface area contributed by atoms with Crippen LogP contribution < -0.4 is 10.5 Å². The van der Waals surface area contributed by atoms with Gasteiger partial charge in [-0.2, -0.15) is 0 Å². The van der Waals surface area contributed by atoms with Crippen molar-refractivity contribution >= 4 is 15.9 Å². The molecule has 0 aliphatic heterocycles. The van der Waals surface area contributed by atoms with Gasteiger partial charge in [0.15, 0.2) is 0 Å². The molecule has 0 bridgehead atoms. The highest BCUT2D eigenvalue weighted by Crippen LogP contribution is 2.28. The second-order valence-corrected chi connectivity index (χ2v) is 4.45. The zero-order chi connectivity index (χ0) is 11.4. The Morgan fingerprint density at radius 1 is 1.47 bits per heavy atom. The fourth-order valence-corrected chi connectivity index (χ4v) is 1.57. The summed E-state index contributed by atoms with van der Waals surface area (Å²) in [7, 11) is 0. The van der Waals surface area contributed by atoms with Crippen LogP contribution in [0.1, 0.15) is 25.5 Å². The Hall–Kier alpha value is -0.800. The molecule has 2 nitrogen and oxygen atoms in total. The van der Waals surface area contributed by atoms with Gasteiger partial charge in [-0.05, 0) is 26.0 Å². The van der Waals surface area contributed by atoms with Gasteiger partial charge in [0.25, 0.3) is 0 Å². The molecule has 1 aromatic rings. The van der Waals surface area contributed by atoms with Crippen LogP contribution in [-0.2, 0) is 0 Å². The molecule has 0 aromatic heterocycles. The lowest BCUT2D eigenvalue weighted by Gasteiger charge is -2.17. The number of benzene rings is 1. The lowest BCUT2D eigenvalue weighted by Crippen LogP contribution is -2.12. The molecule has 0 saturated carbocycles. The van der Waals surface area contributed by atoms with Crippen molar-refractivity contribution in [3.63, 3.8) is 0 Å². The van der Waals surface area contributed by atoms with Gasteiger partial charge in [-0.15, -0.1) is 0 Å². The second-order valence-electron chi connectivity index (χ2n) is 3.53. The number of hydrogen-bond acceptors (Lipinski definition) is 2. The summed E-state index contributed by atoms with van der Waals surface area (Å²) in [5, 5.41) is 0. The average Bonchev–Trinajstić information content (AvgIpc) is 2.17. The van der Waals surface area contributed by atoms with E-state index in [9.17, 15) is 0 Å². The van der Waals surface area contributed by atoms with Gasteiger partial charge in [0.2, 0.25) is 0 Å². The van der Waals surface area contributed by atoms with Gasteiger partial charge in [-0.1, -0.05) is 34.7 Å². The monoisotopic (exact) mass is 269 g/mol. The van der Waals surface area contributed by atoms with E-state index < -0.39 is 0 Å². The third kappa shape index (κ3) is 3.36. The zero-order valence-electron chi connectivity index (χ0n) is 9.03. The first kappa shape index (κ1) is 12.3. The predicted molar refractivity (Wildman–Crippen MR) is 67.0 cm³/mol. The first-order valence-electron chi connectivity index (χ1n) is 4.89. The van der Waals surface area contributed by atoms with Gasteiger partial charge in [0.1, 0.15) is 11.9 Å². The Kier molecular flexibility index (Phi) is 4.36. The third-order valence-corrected chi connectivity index (χ3v) is 2.60. The molecule has 1 aromatic carbocycles. The molecule has 1 unspecified atom stereocenters. The van der Waals surface area contributed by atoms with Crippen LogP contribution >= 0.6 is 15.9 Å². The summed E-state index contributed by atoms with van der Waals surface area (Å²) in [4.78, 5) is 0. The Bertz CT molecular complexity index is 349. The van der Waals surface area contributed by atoms with Crippen LogP contribution in [-0.4, -0.2) is 6.10 Å². The Balaban J connectivity index is 3.01. The molecule has 2 atom stereocenters. The summed E-state index contributed by atoms with van der Waals surface area (Å²) in [6, 6.07) is 5.83. The molecular formula is C12H16BrNO. The van der Waals surface area contributed by atoms with E-state index in [0.717, 1.165) is 15.8 Å². The molecular weight excluding hydrogens is 254 g/mol. The van der Waals surface area contributed by atoms with Crippen molar-refractivity contribution in [1.82, 2.24) is 0 Å². The number of rotatable bonds is 4. The first-order valence-corrected chi connectivity index (χ1v) is 5.68. The lowest BCUT2D eigenvalue weighted by atomic mass is 10.1. The highest BCUT2D eigenvalue weighted by atomic mass is 79.9. The van der Waals surface area contributed by atoms with E-state index >= 15 is 0 Å². The number of halogens is 1. The maximum Gasteiger partial charge on any atom is 0.126 e. The summed E-state index contributed by atoms with van der Waals surface area (Å²) in [6.07, 6.45) is 1.74. The molecule has 0 saturated heterocycles. The number of nitrogens with two attached hydrogens (primary N) is 1. The van der Waals surface area contributed by atoms with Gasteiger partial charge in [-0.25, -0.2) is 0 Å². The van der Waals surface area contributed by atoms with Crippen LogP contribution in [0.5, 0.6) is 5.75 Å². The van der Waals surface area contributed by atoms with Crippen molar-refractivity contribution in [3.8, 4) is 5.75 Å². The van der Waals surface area contributed by atoms with Crippen molar-refractivity contribution in [2.24, 2.45) is 5.73 Å². The summed E-state index contributed by atoms with van der Waals surface area (Å²) in [5.41, 5.74) is 6.87. The number of hydrogen-bond donors (Lipinski definition) is 1. The Morgan fingerprint density at radius 2 is 2.13 bits per heavy atom. The van der Waals surface area contributed by atoms with E-state index in [1.165, 1.54) is 0 Å². The van der Waals surface area contributed by atoms with Crippen molar-refractivity contribution in [3.05, 3.63) is 40.9 Å². The maximum atomic E-state index is 5.86. The van der Waals surface area contributed by atoms with E-state index in [1.807, 2.05) is 32.0 Å². The molecule has 2 N–H and O–H groups in total. The van der Waals surface area contributed by atoms with Crippen molar-refractivity contribution < 1.29 is 4.74 Å². The van der Waals surface area contributed by atoms with E-state index in [2.05, 4.69) is 22.5 Å². The largest absolute Gasteiger partial charge is 0.486 e. The molecule has 1 rings (SSSR count). The molecule has 0 aliphatic carbocycles. The highest BCUT2D eigenvalue weighted by Gasteiger charge is 2.10. The Morgan fingerprint density at radius 3 is 2.67 bits per heavy atom. The quantitative estimate of drug-likeness (QED) is 0.851. The zero-order valence-corrected chi connectivity index (χ0v) is 10.6. The van der Waals surface area contributed by atoms with Crippen LogP contribution in [0.15, 0.2) is 35.3 Å². The minimum Gasteiger partial charge on any atom is -0.486 e. The number of ether oxygens (including phenoxy) is 1. The minimum absolute atomic E-state index is 0.0169. The van der Waals surface area contributed by atoms with E-state index in [1.54, 1.807) is 6.08 Å². The standard InChI is InChI=1S/C12H16BrNO/c1-4-8(2)15-12-7-10(13)5-6-11(12)9(3)14/h4-9H,1,14H2,2-3H3/t8?,9-/m1/s1. The SMILES string of the molecule is C=CC(C)Oc1cc(Br)ccc1[C@@H](C)N. The maximum absolute atomic E-state index is 5.86. The van der Waals surface area contributed by atoms with Crippen molar-refractivity contribution in [1.29, 1.82) is 0 Å². The lowest BCUT2D eigenvalue weighted by molar-refractivity contribution is 0.266. The first-order chi connectivity index (χ1) is 7.04. The summed E-state index contributed by atoms with van der Waals surface area (Å²) < 4.78 is 6.69. The molecule has 82 valence electrons. The molecule has 0 spiro atoms. The van der Waals surface area contributed by atoms with Gasteiger partial charge in [-0.3, -0.25) is 0 Å². The fraction of sp³-hybridized carbons (Fsp3) is 0.333. The van der Waals surface area contributed by atoms with Gasteiger partial charge in [0, 0.05) is 16.1 Å². The summed E-state index contributed by atoms with van der Waals surface area (Å²) >= 11 is 3.41. The topological polar surface area (TPSA) is 35.2 Å². The fourth-order valence-electron chi connectivity index (χ4n) is 1.23. The van der Waals surface area contributed by atoms with Gasteiger partial charge < -0.3 is 10.5 Å². The van der Waals surface area contributed by atoms with Crippen molar-refractivity contribution in [2.45, 2.75) is 26.0 Å². The second kappa shape index (κ2) is 5.33. The summed E-state index contributed by atoms with van der Waals surface area (Å²) in [5.74, 6) is 0.812. The highest BCUT2D eigenvalue weighted by molar-refractivity contribution is 9.10. The van der Waals surface area contributed by atoms with Gasteiger partial charge in [0.05, 0.1) is 0 Å². The molecule has 3 heteroatoms. The molecule has 0 amide bonds. The normalized spacial score (nSPS) is 14.4. The van der Waals surface area contributed by atoms with E-state index in [0.29, 0.717) is 0 Å². The molecule has 0 aliphatic rings. The van der Waals surface area contributed by atoms with E-state index in [-0.39, 0.29) is 12.1 Å². The van der Waals surface area contributed by atoms with Crippen LogP contribution in [0, 0.1) is 0 Å². The Labute approximate surface area is 99.3 Å². The molecule has 0 radical (unpaired) electrons. The van der Waals surface area contributed by atoms with Crippen LogP contribution in [0.4, 0.5) is 0 Å². The van der Waals surface area contributed by atoms with Crippen LogP contribution in [0.2, 0.25) is 0 Å². The third-order valence-electron chi connectivity index (χ3n) is 2.11. The smallest absolute Gasteiger partial charge is 0.126 e. The molecule has 0 fully saturated rings.